The monoisotopic (exact) mass is 267 g/mol. The van der Waals surface area contributed by atoms with Crippen LogP contribution >= 0.6 is 0 Å². The van der Waals surface area contributed by atoms with Crippen molar-refractivity contribution in [2.45, 2.75) is 13.0 Å². The zero-order valence-corrected chi connectivity index (χ0v) is 11.5. The van der Waals surface area contributed by atoms with Gasteiger partial charge in [0.15, 0.2) is 0 Å². The Balaban J connectivity index is 1.88. The van der Waals surface area contributed by atoms with E-state index in [1.165, 1.54) is 18.4 Å². The quantitative estimate of drug-likeness (QED) is 0.801. The second-order valence-corrected chi connectivity index (χ2v) is 4.95. The maximum atomic E-state index is 11.8. The van der Waals surface area contributed by atoms with Crippen molar-refractivity contribution in [3.63, 3.8) is 0 Å². The Morgan fingerprint density at radius 1 is 1.15 bits per heavy atom. The summed E-state index contributed by atoms with van der Waals surface area (Å²) < 4.78 is 4.85. The van der Waals surface area contributed by atoms with Gasteiger partial charge in [0.2, 0.25) is 0 Å². The zero-order valence-electron chi connectivity index (χ0n) is 11.5. The molecule has 0 unspecified atom stereocenters. The molecule has 2 aromatic carbocycles. The highest BCUT2D eigenvalue weighted by molar-refractivity contribution is 5.91. The van der Waals surface area contributed by atoms with Crippen molar-refractivity contribution in [3.05, 3.63) is 65.2 Å². The highest BCUT2D eigenvalue weighted by atomic mass is 16.5. The molecule has 0 fully saturated rings. The van der Waals surface area contributed by atoms with Crippen LogP contribution in [-0.4, -0.2) is 19.6 Å². The summed E-state index contributed by atoms with van der Waals surface area (Å²) in [6.07, 6.45) is 1.07. The van der Waals surface area contributed by atoms with Crippen LogP contribution in [0.2, 0.25) is 0 Å². The number of fused-ring (bicyclic) bond motifs is 1. The average molecular weight is 267 g/mol. The summed E-state index contributed by atoms with van der Waals surface area (Å²) in [7, 11) is 1.42. The Morgan fingerprint density at radius 2 is 1.90 bits per heavy atom. The van der Waals surface area contributed by atoms with E-state index in [2.05, 4.69) is 29.2 Å². The normalized spacial score (nSPS) is 13.2. The van der Waals surface area contributed by atoms with Gasteiger partial charge in [0.05, 0.1) is 12.7 Å². The van der Waals surface area contributed by atoms with Gasteiger partial charge >= 0.3 is 5.97 Å². The van der Waals surface area contributed by atoms with Crippen molar-refractivity contribution in [2.24, 2.45) is 0 Å². The van der Waals surface area contributed by atoms with Gasteiger partial charge < -0.3 is 9.64 Å². The second kappa shape index (κ2) is 5.37. The maximum Gasteiger partial charge on any atom is 0.338 e. The molecule has 1 heterocycles. The minimum Gasteiger partial charge on any atom is -0.465 e. The summed E-state index contributed by atoms with van der Waals surface area (Å²) in [4.78, 5) is 14.1. The molecule has 2 aromatic rings. The molecule has 0 aliphatic carbocycles. The minimum atomic E-state index is -0.270. The lowest BCUT2D eigenvalue weighted by molar-refractivity contribution is 0.0599. The van der Waals surface area contributed by atoms with Crippen molar-refractivity contribution in [2.75, 3.05) is 18.6 Å². The Morgan fingerprint density at radius 3 is 2.75 bits per heavy atom. The van der Waals surface area contributed by atoms with Gasteiger partial charge in [0.25, 0.3) is 0 Å². The van der Waals surface area contributed by atoms with Gasteiger partial charge in [-0.15, -0.1) is 0 Å². The number of esters is 1. The first-order chi connectivity index (χ1) is 9.79. The number of para-hydroxylation sites is 1. The lowest BCUT2D eigenvalue weighted by Crippen LogP contribution is -2.21. The van der Waals surface area contributed by atoms with Crippen molar-refractivity contribution in [1.29, 1.82) is 0 Å². The smallest absolute Gasteiger partial charge is 0.338 e. The molecular weight excluding hydrogens is 250 g/mol. The van der Waals surface area contributed by atoms with E-state index in [1.807, 2.05) is 24.3 Å². The van der Waals surface area contributed by atoms with E-state index in [4.69, 9.17) is 4.74 Å². The van der Waals surface area contributed by atoms with Gasteiger partial charge in [-0.3, -0.25) is 0 Å². The van der Waals surface area contributed by atoms with Gasteiger partial charge in [0.1, 0.15) is 0 Å². The second-order valence-electron chi connectivity index (χ2n) is 4.95. The van der Waals surface area contributed by atoms with Gasteiger partial charge in [0, 0.05) is 18.8 Å². The van der Waals surface area contributed by atoms with E-state index in [-0.39, 0.29) is 5.97 Å². The fourth-order valence-corrected chi connectivity index (χ4v) is 2.74. The number of anilines is 1. The Hall–Kier alpha value is -2.29. The number of hydrogen-bond acceptors (Lipinski definition) is 3. The van der Waals surface area contributed by atoms with Crippen LogP contribution < -0.4 is 4.90 Å². The number of rotatable bonds is 3. The molecule has 0 bridgehead atoms. The summed E-state index contributed by atoms with van der Waals surface area (Å²) in [6, 6.07) is 16.1. The third-order valence-corrected chi connectivity index (χ3v) is 3.77. The third kappa shape index (κ3) is 2.27. The SMILES string of the molecule is COC(=O)c1ccccc1CN1CCc2ccccc21. The molecule has 3 rings (SSSR count). The minimum absolute atomic E-state index is 0.270. The molecule has 3 nitrogen and oxygen atoms in total. The Bertz CT molecular complexity index is 636. The van der Waals surface area contributed by atoms with Crippen molar-refractivity contribution in [3.8, 4) is 0 Å². The maximum absolute atomic E-state index is 11.8. The van der Waals surface area contributed by atoms with E-state index >= 15 is 0 Å². The Labute approximate surface area is 118 Å². The molecule has 0 aromatic heterocycles. The predicted molar refractivity (Wildman–Crippen MR) is 79.0 cm³/mol. The molecule has 0 amide bonds. The van der Waals surface area contributed by atoms with Crippen molar-refractivity contribution >= 4 is 11.7 Å². The summed E-state index contributed by atoms with van der Waals surface area (Å²) in [6.45, 7) is 1.73. The highest BCUT2D eigenvalue weighted by Gasteiger charge is 2.20. The highest BCUT2D eigenvalue weighted by Crippen LogP contribution is 2.29. The van der Waals surface area contributed by atoms with Crippen LogP contribution in [0.3, 0.4) is 0 Å². The summed E-state index contributed by atoms with van der Waals surface area (Å²) >= 11 is 0. The van der Waals surface area contributed by atoms with Gasteiger partial charge in [-0.1, -0.05) is 36.4 Å². The summed E-state index contributed by atoms with van der Waals surface area (Å²) in [5, 5.41) is 0. The van der Waals surface area contributed by atoms with Crippen LogP contribution in [-0.2, 0) is 17.7 Å². The van der Waals surface area contributed by atoms with Gasteiger partial charge in [-0.05, 0) is 29.7 Å². The summed E-state index contributed by atoms with van der Waals surface area (Å²) in [5.74, 6) is -0.270. The van der Waals surface area contributed by atoms with Gasteiger partial charge in [-0.2, -0.15) is 0 Å². The molecule has 102 valence electrons. The predicted octanol–water partition coefficient (Wildman–Crippen LogP) is 3.04. The molecular formula is C17H17NO2. The number of carbonyl (C=O) groups excluding carboxylic acids is 1. The number of benzene rings is 2. The molecule has 20 heavy (non-hydrogen) atoms. The first kappa shape index (κ1) is 12.7. The first-order valence-electron chi connectivity index (χ1n) is 6.78. The molecule has 0 spiro atoms. The molecule has 3 heteroatoms. The van der Waals surface area contributed by atoms with E-state index < -0.39 is 0 Å². The van der Waals surface area contributed by atoms with Crippen LogP contribution in [0.5, 0.6) is 0 Å². The van der Waals surface area contributed by atoms with Crippen LogP contribution in [0.25, 0.3) is 0 Å². The van der Waals surface area contributed by atoms with Crippen LogP contribution in [0.4, 0.5) is 5.69 Å². The molecule has 0 atom stereocenters. The molecule has 0 radical (unpaired) electrons. The number of carbonyl (C=O) groups is 1. The fraction of sp³-hybridized carbons (Fsp3) is 0.235. The topological polar surface area (TPSA) is 29.5 Å². The van der Waals surface area contributed by atoms with Crippen LogP contribution in [0, 0.1) is 0 Å². The third-order valence-electron chi connectivity index (χ3n) is 3.77. The van der Waals surface area contributed by atoms with E-state index in [1.54, 1.807) is 0 Å². The van der Waals surface area contributed by atoms with E-state index in [9.17, 15) is 4.79 Å². The number of ether oxygens (including phenoxy) is 1. The fourth-order valence-electron chi connectivity index (χ4n) is 2.74. The molecule has 0 N–H and O–H groups in total. The molecule has 1 aliphatic rings. The standard InChI is InChI=1S/C17H17NO2/c1-20-17(19)15-8-4-2-7-14(15)12-18-11-10-13-6-3-5-9-16(13)18/h2-9H,10-12H2,1H3. The number of methoxy groups -OCH3 is 1. The van der Waals surface area contributed by atoms with E-state index in [0.717, 1.165) is 25.1 Å². The summed E-state index contributed by atoms with van der Waals surface area (Å²) in [5.41, 5.74) is 4.31. The lowest BCUT2D eigenvalue weighted by Gasteiger charge is -2.20. The first-order valence-corrected chi connectivity index (χ1v) is 6.78. The zero-order chi connectivity index (χ0) is 13.9. The van der Waals surface area contributed by atoms with Crippen LogP contribution in [0.15, 0.2) is 48.5 Å². The molecule has 0 saturated heterocycles. The largest absolute Gasteiger partial charge is 0.465 e. The average Bonchev–Trinajstić information content (AvgIpc) is 2.90. The van der Waals surface area contributed by atoms with Crippen LogP contribution in [0.1, 0.15) is 21.5 Å². The van der Waals surface area contributed by atoms with Crippen molar-refractivity contribution in [1.82, 2.24) is 0 Å². The number of hydrogen-bond donors (Lipinski definition) is 0. The molecule has 0 saturated carbocycles. The van der Waals surface area contributed by atoms with Gasteiger partial charge in [-0.25, -0.2) is 4.79 Å². The van der Waals surface area contributed by atoms with Crippen molar-refractivity contribution < 1.29 is 9.53 Å². The lowest BCUT2D eigenvalue weighted by atomic mass is 10.1. The Kier molecular flexibility index (Phi) is 3.42. The number of nitrogens with zero attached hydrogens (tertiary/aromatic N) is 1. The van der Waals surface area contributed by atoms with E-state index in [0.29, 0.717) is 5.56 Å². The molecule has 1 aliphatic heterocycles.